The largest absolute Gasteiger partial charge is 0.373 e. The molecular formula is C13H17NO2. The Morgan fingerprint density at radius 1 is 1.06 bits per heavy atom. The van der Waals surface area contributed by atoms with E-state index in [4.69, 9.17) is 15.2 Å². The molecule has 0 aliphatic carbocycles. The van der Waals surface area contributed by atoms with Crippen LogP contribution in [0.25, 0.3) is 0 Å². The lowest BCUT2D eigenvalue weighted by atomic mass is 9.82. The van der Waals surface area contributed by atoms with Gasteiger partial charge in [0.05, 0.1) is 25.4 Å². The third-order valence-corrected chi connectivity index (χ3v) is 3.34. The van der Waals surface area contributed by atoms with Gasteiger partial charge in [-0.05, 0) is 18.4 Å². The maximum Gasteiger partial charge on any atom is 0.0830 e. The Morgan fingerprint density at radius 2 is 1.56 bits per heavy atom. The van der Waals surface area contributed by atoms with Gasteiger partial charge < -0.3 is 15.2 Å². The molecule has 0 saturated carbocycles. The van der Waals surface area contributed by atoms with Crippen molar-refractivity contribution in [1.82, 2.24) is 0 Å². The summed E-state index contributed by atoms with van der Waals surface area (Å²) in [6.45, 7) is 1.72. The van der Waals surface area contributed by atoms with Crippen LogP contribution in [0.3, 0.4) is 0 Å². The molecule has 2 aliphatic heterocycles. The van der Waals surface area contributed by atoms with Crippen molar-refractivity contribution >= 4 is 0 Å². The van der Waals surface area contributed by atoms with E-state index in [2.05, 4.69) is 12.1 Å². The first-order valence-corrected chi connectivity index (χ1v) is 5.84. The van der Waals surface area contributed by atoms with Gasteiger partial charge in [0.25, 0.3) is 0 Å². The minimum atomic E-state index is -0.288. The van der Waals surface area contributed by atoms with Gasteiger partial charge in [-0.3, -0.25) is 0 Å². The molecule has 3 heteroatoms. The predicted octanol–water partition coefficient (Wildman–Crippen LogP) is 1.42. The van der Waals surface area contributed by atoms with Gasteiger partial charge >= 0.3 is 0 Å². The van der Waals surface area contributed by atoms with Gasteiger partial charge in [0, 0.05) is 5.54 Å². The molecule has 2 fully saturated rings. The van der Waals surface area contributed by atoms with Crippen LogP contribution in [0, 0.1) is 0 Å². The van der Waals surface area contributed by atoms with Gasteiger partial charge in [-0.2, -0.15) is 0 Å². The number of ether oxygens (including phenoxy) is 2. The summed E-state index contributed by atoms with van der Waals surface area (Å²) in [7, 11) is 0. The normalized spacial score (nSPS) is 30.8. The smallest absolute Gasteiger partial charge is 0.0830 e. The molecule has 16 heavy (non-hydrogen) atoms. The topological polar surface area (TPSA) is 51.1 Å². The van der Waals surface area contributed by atoms with E-state index in [1.165, 1.54) is 5.56 Å². The lowest BCUT2D eigenvalue weighted by molar-refractivity contribution is 0.273. The molecule has 2 unspecified atom stereocenters. The van der Waals surface area contributed by atoms with Crippen molar-refractivity contribution in [3.63, 3.8) is 0 Å². The summed E-state index contributed by atoms with van der Waals surface area (Å²) in [6, 6.07) is 10.3. The highest BCUT2D eigenvalue weighted by Crippen LogP contribution is 2.36. The van der Waals surface area contributed by atoms with E-state index >= 15 is 0 Å². The second kappa shape index (κ2) is 3.84. The fourth-order valence-corrected chi connectivity index (χ4v) is 2.27. The summed E-state index contributed by atoms with van der Waals surface area (Å²) < 4.78 is 10.6. The van der Waals surface area contributed by atoms with Crippen molar-refractivity contribution in [1.29, 1.82) is 0 Å². The van der Waals surface area contributed by atoms with Crippen LogP contribution in [0.5, 0.6) is 0 Å². The van der Waals surface area contributed by atoms with Crippen LogP contribution < -0.4 is 5.73 Å². The van der Waals surface area contributed by atoms with Gasteiger partial charge in [0.1, 0.15) is 0 Å². The van der Waals surface area contributed by atoms with Crippen LogP contribution in [0.15, 0.2) is 30.3 Å². The second-order valence-electron chi connectivity index (χ2n) is 4.84. The molecule has 0 spiro atoms. The van der Waals surface area contributed by atoms with E-state index in [1.807, 2.05) is 18.2 Å². The first kappa shape index (κ1) is 10.3. The lowest BCUT2D eigenvalue weighted by Gasteiger charge is -2.29. The van der Waals surface area contributed by atoms with Crippen molar-refractivity contribution in [2.24, 2.45) is 5.73 Å². The molecule has 2 atom stereocenters. The highest BCUT2D eigenvalue weighted by atomic mass is 16.6. The van der Waals surface area contributed by atoms with E-state index in [9.17, 15) is 0 Å². The van der Waals surface area contributed by atoms with E-state index < -0.39 is 0 Å². The highest BCUT2D eigenvalue weighted by Gasteiger charge is 2.40. The highest BCUT2D eigenvalue weighted by molar-refractivity contribution is 5.25. The first-order chi connectivity index (χ1) is 7.76. The van der Waals surface area contributed by atoms with Crippen molar-refractivity contribution in [3.8, 4) is 0 Å². The quantitative estimate of drug-likeness (QED) is 0.762. The monoisotopic (exact) mass is 219 g/mol. The number of rotatable bonds is 5. The summed E-state index contributed by atoms with van der Waals surface area (Å²) in [4.78, 5) is 0. The molecule has 0 aromatic heterocycles. The number of hydrogen-bond donors (Lipinski definition) is 1. The molecule has 2 heterocycles. The SMILES string of the molecule is NC(CC1CO1)(CC1CO1)c1ccccc1. The van der Waals surface area contributed by atoms with Crippen molar-refractivity contribution in [2.45, 2.75) is 30.6 Å². The zero-order chi connectivity index (χ0) is 11.0. The fraction of sp³-hybridized carbons (Fsp3) is 0.538. The number of nitrogens with two attached hydrogens (primary N) is 1. The molecule has 0 bridgehead atoms. The number of epoxide rings is 2. The molecule has 3 nitrogen and oxygen atoms in total. The summed E-state index contributed by atoms with van der Waals surface area (Å²) >= 11 is 0. The molecule has 1 aromatic rings. The predicted molar refractivity (Wildman–Crippen MR) is 61.0 cm³/mol. The molecule has 0 amide bonds. The van der Waals surface area contributed by atoms with Crippen molar-refractivity contribution < 1.29 is 9.47 Å². The van der Waals surface area contributed by atoms with Gasteiger partial charge in [-0.1, -0.05) is 30.3 Å². The molecule has 0 radical (unpaired) electrons. The van der Waals surface area contributed by atoms with Crippen LogP contribution in [0.2, 0.25) is 0 Å². The molecule has 86 valence electrons. The molecule has 2 saturated heterocycles. The Kier molecular flexibility index (Phi) is 2.46. The number of hydrogen-bond acceptors (Lipinski definition) is 3. The van der Waals surface area contributed by atoms with Crippen LogP contribution in [0.4, 0.5) is 0 Å². The third-order valence-electron chi connectivity index (χ3n) is 3.34. The first-order valence-electron chi connectivity index (χ1n) is 5.84. The Balaban J connectivity index is 1.80. The van der Waals surface area contributed by atoms with Gasteiger partial charge in [0.15, 0.2) is 0 Å². The van der Waals surface area contributed by atoms with Crippen LogP contribution in [-0.2, 0) is 15.0 Å². The summed E-state index contributed by atoms with van der Waals surface area (Å²) in [5.41, 5.74) is 7.45. The fourth-order valence-electron chi connectivity index (χ4n) is 2.27. The molecule has 2 N–H and O–H groups in total. The standard InChI is InChI=1S/C13H17NO2/c14-13(6-11-8-15-11,7-12-9-16-12)10-4-2-1-3-5-10/h1-5,11-12H,6-9,14H2. The van der Waals surface area contributed by atoms with Crippen LogP contribution >= 0.6 is 0 Å². The Bertz CT molecular complexity index is 343. The molecule has 3 rings (SSSR count). The molecular weight excluding hydrogens is 202 g/mol. The third kappa shape index (κ3) is 2.26. The van der Waals surface area contributed by atoms with Gasteiger partial charge in [0.2, 0.25) is 0 Å². The lowest BCUT2D eigenvalue weighted by Crippen LogP contribution is -2.39. The summed E-state index contributed by atoms with van der Waals surface area (Å²) in [5, 5.41) is 0. The van der Waals surface area contributed by atoms with Gasteiger partial charge in [-0.25, -0.2) is 0 Å². The maximum atomic E-state index is 6.54. The van der Waals surface area contributed by atoms with E-state index in [-0.39, 0.29) is 5.54 Å². The van der Waals surface area contributed by atoms with Crippen molar-refractivity contribution in [3.05, 3.63) is 35.9 Å². The summed E-state index contributed by atoms with van der Waals surface area (Å²) in [6.07, 6.45) is 2.50. The van der Waals surface area contributed by atoms with E-state index in [0.29, 0.717) is 12.2 Å². The minimum absolute atomic E-state index is 0.288. The van der Waals surface area contributed by atoms with Gasteiger partial charge in [-0.15, -0.1) is 0 Å². The van der Waals surface area contributed by atoms with Crippen molar-refractivity contribution in [2.75, 3.05) is 13.2 Å². The second-order valence-corrected chi connectivity index (χ2v) is 4.84. The number of benzene rings is 1. The Labute approximate surface area is 95.5 Å². The minimum Gasteiger partial charge on any atom is -0.373 e. The average molecular weight is 219 g/mol. The average Bonchev–Trinajstić information content (AvgIpc) is 3.17. The van der Waals surface area contributed by atoms with E-state index in [0.717, 1.165) is 26.1 Å². The maximum absolute atomic E-state index is 6.54. The van der Waals surface area contributed by atoms with E-state index in [1.54, 1.807) is 0 Å². The van der Waals surface area contributed by atoms with Crippen LogP contribution in [-0.4, -0.2) is 25.4 Å². The molecule has 1 aromatic carbocycles. The molecule has 2 aliphatic rings. The Morgan fingerprint density at radius 3 is 2.00 bits per heavy atom. The Hall–Kier alpha value is -0.900. The zero-order valence-corrected chi connectivity index (χ0v) is 9.26. The summed E-state index contributed by atoms with van der Waals surface area (Å²) in [5.74, 6) is 0. The van der Waals surface area contributed by atoms with Crippen LogP contribution in [0.1, 0.15) is 18.4 Å². The zero-order valence-electron chi connectivity index (χ0n) is 9.26.